The maximum Gasteiger partial charge on any atom is 0.405 e. The highest BCUT2D eigenvalue weighted by Gasteiger charge is 2.27. The zero-order valence-electron chi connectivity index (χ0n) is 10.2. The van der Waals surface area contributed by atoms with Crippen LogP contribution < -0.4 is 10.9 Å². The minimum atomic E-state index is -4.62. The molecule has 21 heavy (non-hydrogen) atoms. The van der Waals surface area contributed by atoms with Crippen LogP contribution in [0.2, 0.25) is 0 Å². The van der Waals surface area contributed by atoms with Crippen molar-refractivity contribution in [2.75, 3.05) is 6.54 Å². The van der Waals surface area contributed by atoms with Crippen LogP contribution in [0.15, 0.2) is 17.1 Å². The number of hydrogen-bond donors (Lipinski definition) is 1. The van der Waals surface area contributed by atoms with Crippen molar-refractivity contribution < 1.29 is 22.9 Å². The van der Waals surface area contributed by atoms with E-state index in [1.54, 1.807) is 0 Å². The summed E-state index contributed by atoms with van der Waals surface area (Å²) in [7, 11) is 0. The predicted octanol–water partition coefficient (Wildman–Crippen LogP) is 0.307. The van der Waals surface area contributed by atoms with Gasteiger partial charge in [-0.05, 0) is 0 Å². The Labute approximate surface area is 114 Å². The predicted molar refractivity (Wildman–Crippen MR) is 61.1 cm³/mol. The first-order valence-corrected chi connectivity index (χ1v) is 5.26. The van der Waals surface area contributed by atoms with Gasteiger partial charge in [-0.2, -0.15) is 18.4 Å². The first kappa shape index (κ1) is 16.2. The minimum absolute atomic E-state index is 0.502. The Morgan fingerprint density at radius 3 is 2.62 bits per heavy atom. The summed E-state index contributed by atoms with van der Waals surface area (Å²) in [6.07, 6.45) is -3.95. The average molecular weight is 304 g/mol. The Hall–Kier alpha value is -2.90. The Kier molecular flexibility index (Phi) is 4.64. The molecule has 112 valence electrons. The highest BCUT2D eigenvalue weighted by molar-refractivity contribution is 5.75. The molecule has 1 amide bonds. The van der Waals surface area contributed by atoms with E-state index in [1.807, 2.05) is 0 Å². The third-order valence-electron chi connectivity index (χ3n) is 2.20. The molecule has 8 nitrogen and oxygen atoms in total. The molecule has 1 aromatic rings. The number of pyridine rings is 1. The number of alkyl halides is 3. The summed E-state index contributed by atoms with van der Waals surface area (Å²) in [5.41, 5.74) is -2.23. The van der Waals surface area contributed by atoms with E-state index in [2.05, 4.69) is 0 Å². The summed E-state index contributed by atoms with van der Waals surface area (Å²) in [5, 5.41) is 20.8. The number of aromatic nitrogens is 1. The first-order chi connectivity index (χ1) is 9.64. The van der Waals surface area contributed by atoms with Gasteiger partial charge in [0.25, 0.3) is 11.2 Å². The van der Waals surface area contributed by atoms with Gasteiger partial charge in [0, 0.05) is 6.07 Å². The lowest BCUT2D eigenvalue weighted by molar-refractivity contribution is -0.385. The lowest BCUT2D eigenvalue weighted by Gasteiger charge is -2.09. The largest absolute Gasteiger partial charge is 0.405 e. The van der Waals surface area contributed by atoms with Crippen molar-refractivity contribution in [3.05, 3.63) is 38.3 Å². The van der Waals surface area contributed by atoms with Crippen molar-refractivity contribution in [2.24, 2.45) is 0 Å². The summed E-state index contributed by atoms with van der Waals surface area (Å²) in [5.74, 6) is -1.17. The van der Waals surface area contributed by atoms with Crippen LogP contribution >= 0.6 is 0 Å². The second kappa shape index (κ2) is 6.04. The summed E-state index contributed by atoms with van der Waals surface area (Å²) in [4.78, 5) is 32.6. The molecule has 0 saturated carbocycles. The molecule has 0 atom stereocenters. The SMILES string of the molecule is N#Cc1cc([N+](=O)[O-])cn(CC(=O)NCC(F)(F)F)c1=O. The van der Waals surface area contributed by atoms with Crippen molar-refractivity contribution >= 4 is 11.6 Å². The van der Waals surface area contributed by atoms with Crippen LogP contribution in [-0.2, 0) is 11.3 Å². The smallest absolute Gasteiger partial charge is 0.345 e. The monoisotopic (exact) mass is 304 g/mol. The van der Waals surface area contributed by atoms with Crippen molar-refractivity contribution in [1.29, 1.82) is 5.26 Å². The highest BCUT2D eigenvalue weighted by Crippen LogP contribution is 2.12. The number of nitrogens with one attached hydrogen (secondary N) is 1. The third-order valence-corrected chi connectivity index (χ3v) is 2.20. The van der Waals surface area contributed by atoms with Crippen molar-refractivity contribution in [3.8, 4) is 6.07 Å². The van der Waals surface area contributed by atoms with Gasteiger partial charge in [0.2, 0.25) is 5.91 Å². The normalized spacial score (nSPS) is 10.8. The quantitative estimate of drug-likeness (QED) is 0.634. The van der Waals surface area contributed by atoms with Crippen LogP contribution in [0, 0.1) is 21.4 Å². The fourth-order valence-corrected chi connectivity index (χ4v) is 1.33. The lowest BCUT2D eigenvalue weighted by Crippen LogP contribution is -2.38. The molecule has 0 aliphatic rings. The molecule has 0 spiro atoms. The highest BCUT2D eigenvalue weighted by atomic mass is 19.4. The van der Waals surface area contributed by atoms with E-state index in [0.29, 0.717) is 16.8 Å². The second-order valence-corrected chi connectivity index (χ2v) is 3.81. The number of nitrogens with zero attached hydrogens (tertiary/aromatic N) is 3. The van der Waals surface area contributed by atoms with E-state index in [4.69, 9.17) is 5.26 Å². The molecule has 1 aromatic heterocycles. The molecule has 11 heteroatoms. The van der Waals surface area contributed by atoms with Gasteiger partial charge in [0.05, 0.1) is 11.1 Å². The topological polar surface area (TPSA) is 118 Å². The van der Waals surface area contributed by atoms with E-state index in [1.165, 1.54) is 11.4 Å². The number of carbonyl (C=O) groups excluding carboxylic acids is 1. The molecule has 0 aliphatic carbocycles. The number of nitriles is 1. The van der Waals surface area contributed by atoms with Gasteiger partial charge >= 0.3 is 6.18 Å². The number of carbonyl (C=O) groups is 1. The van der Waals surface area contributed by atoms with E-state index in [9.17, 15) is 32.9 Å². The second-order valence-electron chi connectivity index (χ2n) is 3.81. The van der Waals surface area contributed by atoms with Gasteiger partial charge in [0.15, 0.2) is 0 Å². The van der Waals surface area contributed by atoms with Gasteiger partial charge in [-0.25, -0.2) is 0 Å². The van der Waals surface area contributed by atoms with Crippen LogP contribution in [-0.4, -0.2) is 28.1 Å². The Morgan fingerprint density at radius 1 is 1.52 bits per heavy atom. The summed E-state index contributed by atoms with van der Waals surface area (Å²) < 4.78 is 36.2. The number of amides is 1. The van der Waals surface area contributed by atoms with Gasteiger partial charge in [-0.3, -0.25) is 24.3 Å². The maximum absolute atomic E-state index is 11.9. The Balaban J connectivity index is 3.00. The molecule has 0 fully saturated rings. The van der Waals surface area contributed by atoms with Crippen LogP contribution in [0.5, 0.6) is 0 Å². The average Bonchev–Trinajstić information content (AvgIpc) is 2.37. The van der Waals surface area contributed by atoms with Crippen molar-refractivity contribution in [1.82, 2.24) is 9.88 Å². The fourth-order valence-electron chi connectivity index (χ4n) is 1.33. The third kappa shape index (κ3) is 4.60. The molecule has 0 bridgehead atoms. The molecular weight excluding hydrogens is 297 g/mol. The zero-order chi connectivity index (χ0) is 16.2. The van der Waals surface area contributed by atoms with E-state index in [0.717, 1.165) is 0 Å². The maximum atomic E-state index is 11.9. The Bertz CT molecular complexity index is 674. The van der Waals surface area contributed by atoms with Crippen LogP contribution in [0.4, 0.5) is 18.9 Å². The lowest BCUT2D eigenvalue weighted by atomic mass is 10.2. The Morgan fingerprint density at radius 2 is 2.14 bits per heavy atom. The van der Waals surface area contributed by atoms with Gasteiger partial charge in [-0.1, -0.05) is 0 Å². The number of hydrogen-bond acceptors (Lipinski definition) is 5. The van der Waals surface area contributed by atoms with Crippen LogP contribution in [0.1, 0.15) is 5.56 Å². The molecule has 0 aliphatic heterocycles. The molecular formula is C10H7F3N4O4. The standard InChI is InChI=1S/C10H7F3N4O4/c11-10(12,13)5-15-8(18)4-16-3-7(17(20)21)1-6(2-14)9(16)19/h1,3H,4-5H2,(H,15,18). The summed E-state index contributed by atoms with van der Waals surface area (Å²) in [6, 6.07) is 2.13. The van der Waals surface area contributed by atoms with Crippen molar-refractivity contribution in [3.63, 3.8) is 0 Å². The van der Waals surface area contributed by atoms with Crippen molar-refractivity contribution in [2.45, 2.75) is 12.7 Å². The molecule has 0 unspecified atom stereocenters. The first-order valence-electron chi connectivity index (χ1n) is 5.26. The molecule has 0 aromatic carbocycles. The van der Waals surface area contributed by atoms with E-state index < -0.39 is 46.9 Å². The van der Waals surface area contributed by atoms with Crippen LogP contribution in [0.3, 0.4) is 0 Å². The molecule has 0 saturated heterocycles. The minimum Gasteiger partial charge on any atom is -0.345 e. The molecule has 1 N–H and O–H groups in total. The zero-order valence-corrected chi connectivity index (χ0v) is 10.2. The van der Waals surface area contributed by atoms with Crippen LogP contribution in [0.25, 0.3) is 0 Å². The van der Waals surface area contributed by atoms with E-state index in [-0.39, 0.29) is 0 Å². The van der Waals surface area contributed by atoms with Gasteiger partial charge < -0.3 is 5.32 Å². The number of halogens is 3. The molecule has 0 radical (unpaired) electrons. The van der Waals surface area contributed by atoms with Gasteiger partial charge in [0.1, 0.15) is 24.7 Å². The summed E-state index contributed by atoms with van der Waals surface area (Å²) >= 11 is 0. The van der Waals surface area contributed by atoms with E-state index >= 15 is 0 Å². The molecule has 1 heterocycles. The fraction of sp³-hybridized carbons (Fsp3) is 0.300. The summed E-state index contributed by atoms with van der Waals surface area (Å²) in [6.45, 7) is -2.47. The number of rotatable bonds is 4. The number of nitro groups is 1. The molecule has 1 rings (SSSR count). The van der Waals surface area contributed by atoms with Gasteiger partial charge in [-0.15, -0.1) is 0 Å².